The quantitative estimate of drug-likeness (QED) is 0.613. The minimum Gasteiger partial charge on any atom is -0.368 e. The normalized spacial score (nSPS) is 15.1. The SMILES string of the molecule is NC(=O)c1nc(-c2ccc(NCC3(c4ncccc4F)CCC3)nn2)c[nH]1. The van der Waals surface area contributed by atoms with Crippen molar-refractivity contribution in [2.75, 3.05) is 11.9 Å². The van der Waals surface area contributed by atoms with Crippen LogP contribution in [0.3, 0.4) is 0 Å². The summed E-state index contributed by atoms with van der Waals surface area (Å²) in [6.07, 6.45) is 5.97. The zero-order valence-corrected chi connectivity index (χ0v) is 14.4. The predicted molar refractivity (Wildman–Crippen MR) is 96.3 cm³/mol. The van der Waals surface area contributed by atoms with Crippen LogP contribution in [0.4, 0.5) is 10.2 Å². The number of carbonyl (C=O) groups excluding carboxylic acids is 1. The van der Waals surface area contributed by atoms with Crippen molar-refractivity contribution < 1.29 is 9.18 Å². The third-order valence-electron chi connectivity index (χ3n) is 4.92. The number of amides is 1. The molecule has 8 nitrogen and oxygen atoms in total. The summed E-state index contributed by atoms with van der Waals surface area (Å²) >= 11 is 0. The van der Waals surface area contributed by atoms with Gasteiger partial charge in [0.05, 0.1) is 5.69 Å². The molecular formula is C18H18FN7O. The molecule has 1 aliphatic rings. The molecule has 3 aromatic rings. The van der Waals surface area contributed by atoms with Crippen LogP contribution in [0, 0.1) is 5.82 Å². The molecule has 138 valence electrons. The molecule has 0 radical (unpaired) electrons. The molecule has 0 saturated heterocycles. The highest BCUT2D eigenvalue weighted by atomic mass is 19.1. The number of nitrogens with zero attached hydrogens (tertiary/aromatic N) is 4. The van der Waals surface area contributed by atoms with Crippen molar-refractivity contribution in [3.8, 4) is 11.4 Å². The fourth-order valence-corrected chi connectivity index (χ4v) is 3.28. The Balaban J connectivity index is 1.47. The second-order valence-electron chi connectivity index (χ2n) is 6.62. The van der Waals surface area contributed by atoms with E-state index in [0.29, 0.717) is 29.4 Å². The molecule has 4 N–H and O–H groups in total. The van der Waals surface area contributed by atoms with Gasteiger partial charge in [-0.15, -0.1) is 10.2 Å². The van der Waals surface area contributed by atoms with Crippen molar-refractivity contribution >= 4 is 11.7 Å². The lowest BCUT2D eigenvalue weighted by Gasteiger charge is -2.41. The largest absolute Gasteiger partial charge is 0.368 e. The molecular weight excluding hydrogens is 349 g/mol. The molecule has 0 unspecified atom stereocenters. The van der Waals surface area contributed by atoms with Crippen molar-refractivity contribution in [1.29, 1.82) is 0 Å². The number of imidazole rings is 1. The monoisotopic (exact) mass is 367 g/mol. The van der Waals surface area contributed by atoms with Gasteiger partial charge in [0, 0.05) is 24.4 Å². The molecule has 1 saturated carbocycles. The van der Waals surface area contributed by atoms with E-state index in [1.807, 2.05) is 0 Å². The van der Waals surface area contributed by atoms with Crippen LogP contribution in [-0.4, -0.2) is 37.6 Å². The van der Waals surface area contributed by atoms with Crippen molar-refractivity contribution in [2.45, 2.75) is 24.7 Å². The highest BCUT2D eigenvalue weighted by Gasteiger charge is 2.41. The number of nitrogens with one attached hydrogen (secondary N) is 2. The van der Waals surface area contributed by atoms with E-state index in [2.05, 4.69) is 30.5 Å². The maximum absolute atomic E-state index is 14.2. The lowest BCUT2D eigenvalue weighted by atomic mass is 9.66. The standard InChI is InChI=1S/C18H18FN7O/c19-11-3-1-8-21-15(11)18(6-2-7-18)10-23-14-5-4-12(25-26-14)13-9-22-17(24-13)16(20)27/h1,3-5,8-9H,2,6-7,10H2,(H2,20,27)(H,22,24)(H,23,26). The molecule has 1 fully saturated rings. The van der Waals surface area contributed by atoms with Crippen LogP contribution >= 0.6 is 0 Å². The number of primary amides is 1. The number of nitrogens with two attached hydrogens (primary N) is 1. The Labute approximate surface area is 154 Å². The Morgan fingerprint density at radius 2 is 2.11 bits per heavy atom. The molecule has 4 rings (SSSR count). The highest BCUT2D eigenvalue weighted by molar-refractivity contribution is 5.89. The Morgan fingerprint density at radius 1 is 1.26 bits per heavy atom. The van der Waals surface area contributed by atoms with Gasteiger partial charge in [-0.1, -0.05) is 6.42 Å². The Hall–Kier alpha value is -3.36. The van der Waals surface area contributed by atoms with Crippen molar-refractivity contribution in [3.05, 3.63) is 54.0 Å². The first-order valence-corrected chi connectivity index (χ1v) is 8.62. The van der Waals surface area contributed by atoms with Gasteiger partial charge in [-0.2, -0.15) is 0 Å². The summed E-state index contributed by atoms with van der Waals surface area (Å²) in [6, 6.07) is 6.55. The van der Waals surface area contributed by atoms with Gasteiger partial charge < -0.3 is 16.0 Å². The number of rotatable bonds is 6. The topological polar surface area (TPSA) is 122 Å². The third kappa shape index (κ3) is 3.23. The number of halogens is 1. The Morgan fingerprint density at radius 3 is 2.70 bits per heavy atom. The van der Waals surface area contributed by atoms with Gasteiger partial charge in [-0.3, -0.25) is 9.78 Å². The number of anilines is 1. The number of aromatic amines is 1. The molecule has 0 aliphatic heterocycles. The summed E-state index contributed by atoms with van der Waals surface area (Å²) in [7, 11) is 0. The van der Waals surface area contributed by atoms with Gasteiger partial charge in [-0.05, 0) is 37.1 Å². The van der Waals surface area contributed by atoms with E-state index >= 15 is 0 Å². The molecule has 27 heavy (non-hydrogen) atoms. The second kappa shape index (κ2) is 6.75. The fraction of sp³-hybridized carbons (Fsp3) is 0.278. The summed E-state index contributed by atoms with van der Waals surface area (Å²) < 4.78 is 14.2. The summed E-state index contributed by atoms with van der Waals surface area (Å²) in [5, 5.41) is 11.5. The van der Waals surface area contributed by atoms with Crippen LogP contribution < -0.4 is 11.1 Å². The van der Waals surface area contributed by atoms with E-state index in [-0.39, 0.29) is 17.1 Å². The zero-order chi connectivity index (χ0) is 18.9. The van der Waals surface area contributed by atoms with Crippen LogP contribution in [0.1, 0.15) is 35.6 Å². The third-order valence-corrected chi connectivity index (χ3v) is 4.92. The smallest absolute Gasteiger partial charge is 0.284 e. The Kier molecular flexibility index (Phi) is 4.27. The van der Waals surface area contributed by atoms with E-state index in [1.165, 1.54) is 6.07 Å². The van der Waals surface area contributed by atoms with Crippen LogP contribution in [-0.2, 0) is 5.41 Å². The Bertz CT molecular complexity index is 966. The minimum absolute atomic E-state index is 0.0679. The van der Waals surface area contributed by atoms with Crippen molar-refractivity contribution in [1.82, 2.24) is 25.1 Å². The van der Waals surface area contributed by atoms with Gasteiger partial charge in [0.1, 0.15) is 23.0 Å². The van der Waals surface area contributed by atoms with Gasteiger partial charge >= 0.3 is 0 Å². The van der Waals surface area contributed by atoms with E-state index in [4.69, 9.17) is 5.73 Å². The van der Waals surface area contributed by atoms with Crippen molar-refractivity contribution in [3.63, 3.8) is 0 Å². The van der Waals surface area contributed by atoms with E-state index in [9.17, 15) is 9.18 Å². The lowest BCUT2D eigenvalue weighted by Crippen LogP contribution is -2.42. The molecule has 3 heterocycles. The number of aromatic nitrogens is 5. The second-order valence-corrected chi connectivity index (χ2v) is 6.62. The fourth-order valence-electron chi connectivity index (χ4n) is 3.28. The number of pyridine rings is 1. The molecule has 1 amide bonds. The number of H-pyrrole nitrogens is 1. The first-order valence-electron chi connectivity index (χ1n) is 8.62. The molecule has 0 spiro atoms. The maximum atomic E-state index is 14.2. The molecule has 0 atom stereocenters. The minimum atomic E-state index is -0.639. The lowest BCUT2D eigenvalue weighted by molar-refractivity contribution is 0.0991. The highest BCUT2D eigenvalue weighted by Crippen LogP contribution is 2.43. The first kappa shape index (κ1) is 17.1. The van der Waals surface area contributed by atoms with Gasteiger partial charge in [-0.25, -0.2) is 9.37 Å². The van der Waals surface area contributed by atoms with Gasteiger partial charge in [0.15, 0.2) is 5.82 Å². The van der Waals surface area contributed by atoms with Crippen LogP contribution in [0.2, 0.25) is 0 Å². The van der Waals surface area contributed by atoms with Gasteiger partial charge in [0.2, 0.25) is 0 Å². The average Bonchev–Trinajstić information content (AvgIpc) is 3.13. The van der Waals surface area contributed by atoms with Crippen LogP contribution in [0.5, 0.6) is 0 Å². The summed E-state index contributed by atoms with van der Waals surface area (Å²) in [4.78, 5) is 22.1. The number of carbonyl (C=O) groups is 1. The molecule has 9 heteroatoms. The first-order chi connectivity index (χ1) is 13.1. The summed E-state index contributed by atoms with van der Waals surface area (Å²) in [6.45, 7) is 0.531. The van der Waals surface area contributed by atoms with E-state index in [0.717, 1.165) is 19.3 Å². The van der Waals surface area contributed by atoms with E-state index < -0.39 is 5.91 Å². The van der Waals surface area contributed by atoms with Gasteiger partial charge in [0.25, 0.3) is 5.91 Å². The molecule has 1 aliphatic carbocycles. The summed E-state index contributed by atoms with van der Waals surface area (Å²) in [5.41, 5.74) is 6.36. The molecule has 0 aromatic carbocycles. The summed E-state index contributed by atoms with van der Waals surface area (Å²) in [5.74, 6) is -0.269. The van der Waals surface area contributed by atoms with Crippen LogP contribution in [0.15, 0.2) is 36.7 Å². The van der Waals surface area contributed by atoms with E-state index in [1.54, 1.807) is 30.6 Å². The number of hydrogen-bond acceptors (Lipinski definition) is 6. The number of hydrogen-bond donors (Lipinski definition) is 3. The van der Waals surface area contributed by atoms with Crippen LogP contribution in [0.25, 0.3) is 11.4 Å². The average molecular weight is 367 g/mol. The maximum Gasteiger partial charge on any atom is 0.284 e. The van der Waals surface area contributed by atoms with Crippen molar-refractivity contribution in [2.24, 2.45) is 5.73 Å². The molecule has 3 aromatic heterocycles. The predicted octanol–water partition coefficient (Wildman–Crippen LogP) is 2.03. The molecule has 0 bridgehead atoms. The zero-order valence-electron chi connectivity index (χ0n) is 14.4.